The first kappa shape index (κ1) is 15.7. The normalized spacial score (nSPS) is 28.8. The van der Waals surface area contributed by atoms with Crippen molar-refractivity contribution >= 4 is 11.9 Å². The van der Waals surface area contributed by atoms with Crippen molar-refractivity contribution in [2.75, 3.05) is 6.61 Å². The molecule has 1 aromatic carbocycles. The van der Waals surface area contributed by atoms with Gasteiger partial charge in [-0.15, -0.1) is 6.58 Å². The molecule has 0 aromatic heterocycles. The summed E-state index contributed by atoms with van der Waals surface area (Å²) in [4.78, 5) is 25.8. The van der Waals surface area contributed by atoms with E-state index in [0.717, 1.165) is 5.56 Å². The zero-order valence-corrected chi connectivity index (χ0v) is 13.3. The van der Waals surface area contributed by atoms with Crippen molar-refractivity contribution in [2.24, 2.45) is 11.3 Å². The van der Waals surface area contributed by atoms with Crippen LogP contribution in [0.2, 0.25) is 0 Å². The van der Waals surface area contributed by atoms with Crippen molar-refractivity contribution in [3.8, 4) is 0 Å². The maximum atomic E-state index is 12.9. The van der Waals surface area contributed by atoms with E-state index in [1.165, 1.54) is 0 Å². The number of benzene rings is 1. The Labute approximate surface area is 135 Å². The Bertz CT molecular complexity index is 614. The molecule has 23 heavy (non-hydrogen) atoms. The number of rotatable bonds is 2. The summed E-state index contributed by atoms with van der Waals surface area (Å²) < 4.78 is 16.7. The quantitative estimate of drug-likeness (QED) is 0.477. The summed E-state index contributed by atoms with van der Waals surface area (Å²) in [5, 5.41) is 0. The fraction of sp³-hybridized carbons (Fsp3) is 0.444. The van der Waals surface area contributed by atoms with Crippen molar-refractivity contribution in [2.45, 2.75) is 32.2 Å². The van der Waals surface area contributed by atoms with Crippen molar-refractivity contribution in [1.82, 2.24) is 0 Å². The lowest BCUT2D eigenvalue weighted by Crippen LogP contribution is -2.61. The summed E-state index contributed by atoms with van der Waals surface area (Å²) in [7, 11) is 0. The van der Waals surface area contributed by atoms with E-state index in [1.54, 1.807) is 19.9 Å². The van der Waals surface area contributed by atoms with Gasteiger partial charge in [-0.3, -0.25) is 9.59 Å². The molecule has 0 radical (unpaired) electrons. The van der Waals surface area contributed by atoms with Crippen molar-refractivity contribution < 1.29 is 23.8 Å². The van der Waals surface area contributed by atoms with Crippen LogP contribution < -0.4 is 0 Å². The number of hydrogen-bond donors (Lipinski definition) is 0. The monoisotopic (exact) mass is 316 g/mol. The number of hydrogen-bond acceptors (Lipinski definition) is 5. The molecule has 5 nitrogen and oxygen atoms in total. The van der Waals surface area contributed by atoms with Gasteiger partial charge in [0.15, 0.2) is 0 Å². The molecule has 2 saturated heterocycles. The Morgan fingerprint density at radius 1 is 1.13 bits per heavy atom. The van der Waals surface area contributed by atoms with Crippen molar-refractivity contribution in [1.29, 1.82) is 0 Å². The first-order valence-electron chi connectivity index (χ1n) is 7.68. The second-order valence-electron chi connectivity index (χ2n) is 6.34. The fourth-order valence-corrected chi connectivity index (χ4v) is 3.39. The molecule has 2 fully saturated rings. The molecule has 2 atom stereocenters. The van der Waals surface area contributed by atoms with Crippen LogP contribution in [0.1, 0.15) is 31.9 Å². The van der Waals surface area contributed by atoms with E-state index in [-0.39, 0.29) is 0 Å². The van der Waals surface area contributed by atoms with Gasteiger partial charge in [-0.05, 0) is 12.0 Å². The van der Waals surface area contributed by atoms with Crippen LogP contribution in [-0.4, -0.2) is 24.3 Å². The molecule has 2 aliphatic heterocycles. The molecular formula is C18H20O5. The second kappa shape index (κ2) is 5.49. The molecule has 0 amide bonds. The number of carbonyl (C=O) groups is 2. The van der Waals surface area contributed by atoms with E-state index in [2.05, 4.69) is 6.58 Å². The van der Waals surface area contributed by atoms with Gasteiger partial charge in [-0.2, -0.15) is 0 Å². The molecule has 1 aromatic rings. The molecule has 5 heteroatoms. The molecule has 2 aliphatic rings. The second-order valence-corrected chi connectivity index (χ2v) is 6.34. The minimum atomic E-state index is -1.54. The van der Waals surface area contributed by atoms with Crippen molar-refractivity contribution in [3.05, 3.63) is 48.6 Å². The molecule has 3 rings (SSSR count). The van der Waals surface area contributed by atoms with Crippen LogP contribution in [-0.2, 0) is 23.8 Å². The molecule has 122 valence electrons. The predicted molar refractivity (Wildman–Crippen MR) is 82.1 cm³/mol. The molecule has 2 heterocycles. The lowest BCUT2D eigenvalue weighted by molar-refractivity contribution is -0.270. The van der Waals surface area contributed by atoms with Gasteiger partial charge in [-0.25, -0.2) is 0 Å². The first-order valence-corrected chi connectivity index (χ1v) is 7.68. The summed E-state index contributed by atoms with van der Waals surface area (Å²) >= 11 is 0. The summed E-state index contributed by atoms with van der Waals surface area (Å²) in [6.07, 6.45) is 1.38. The molecule has 0 N–H and O–H groups in total. The van der Waals surface area contributed by atoms with Gasteiger partial charge in [-0.1, -0.05) is 36.4 Å². The Kier molecular flexibility index (Phi) is 3.76. The minimum absolute atomic E-state index is 0.405. The van der Waals surface area contributed by atoms with Crippen LogP contribution in [0.5, 0.6) is 0 Å². The summed E-state index contributed by atoms with van der Waals surface area (Å²) in [5.74, 6) is -2.91. The highest BCUT2D eigenvalue weighted by Gasteiger charge is 2.66. The molecular weight excluding hydrogens is 296 g/mol. The molecule has 0 saturated carbocycles. The third kappa shape index (κ3) is 2.36. The van der Waals surface area contributed by atoms with Crippen LogP contribution in [0.3, 0.4) is 0 Å². The summed E-state index contributed by atoms with van der Waals surface area (Å²) in [6.45, 7) is 7.31. The van der Waals surface area contributed by atoms with E-state index in [4.69, 9.17) is 14.2 Å². The highest BCUT2D eigenvalue weighted by molar-refractivity contribution is 6.03. The summed E-state index contributed by atoms with van der Waals surface area (Å²) in [5.41, 5.74) is -0.802. The molecule has 2 unspecified atom stereocenters. The van der Waals surface area contributed by atoms with Gasteiger partial charge in [0.05, 0.1) is 0 Å². The van der Waals surface area contributed by atoms with E-state index in [1.807, 2.05) is 30.3 Å². The Balaban J connectivity index is 2.14. The van der Waals surface area contributed by atoms with Gasteiger partial charge < -0.3 is 14.2 Å². The molecule has 0 aliphatic carbocycles. The topological polar surface area (TPSA) is 61.8 Å². The van der Waals surface area contributed by atoms with Crippen LogP contribution >= 0.6 is 0 Å². The highest BCUT2D eigenvalue weighted by Crippen LogP contribution is 2.53. The molecule has 1 spiro atoms. The smallest absolute Gasteiger partial charge is 0.330 e. The first-order chi connectivity index (χ1) is 10.9. The SMILES string of the molecule is C=CC1CCOC(c2ccccc2)C12C(=O)OC(C)(C)OC2=O. The average Bonchev–Trinajstić information content (AvgIpc) is 2.52. The Morgan fingerprint density at radius 2 is 1.74 bits per heavy atom. The minimum Gasteiger partial charge on any atom is -0.422 e. The number of allylic oxidation sites excluding steroid dienone is 1. The highest BCUT2D eigenvalue weighted by atomic mass is 16.7. The van der Waals surface area contributed by atoms with Gasteiger partial charge in [0.2, 0.25) is 5.41 Å². The maximum absolute atomic E-state index is 12.9. The van der Waals surface area contributed by atoms with Crippen LogP contribution in [0.4, 0.5) is 0 Å². The lowest BCUT2D eigenvalue weighted by atomic mass is 9.66. The third-order valence-corrected chi connectivity index (χ3v) is 4.45. The van der Waals surface area contributed by atoms with Crippen molar-refractivity contribution in [3.63, 3.8) is 0 Å². The fourth-order valence-electron chi connectivity index (χ4n) is 3.39. The maximum Gasteiger partial charge on any atom is 0.330 e. The van der Waals surface area contributed by atoms with E-state index in [0.29, 0.717) is 13.0 Å². The van der Waals surface area contributed by atoms with Crippen LogP contribution in [0, 0.1) is 11.3 Å². The number of ether oxygens (including phenoxy) is 3. The molecule has 0 bridgehead atoms. The van der Waals surface area contributed by atoms with Gasteiger partial charge in [0.25, 0.3) is 5.79 Å². The number of esters is 2. The Morgan fingerprint density at radius 3 is 2.30 bits per heavy atom. The van der Waals surface area contributed by atoms with Gasteiger partial charge >= 0.3 is 11.9 Å². The average molecular weight is 316 g/mol. The number of cyclic esters (lactones) is 2. The number of carbonyl (C=O) groups excluding carboxylic acids is 2. The van der Waals surface area contributed by atoms with E-state index in [9.17, 15) is 9.59 Å². The van der Waals surface area contributed by atoms with Gasteiger partial charge in [0.1, 0.15) is 6.10 Å². The lowest BCUT2D eigenvalue weighted by Gasteiger charge is -2.49. The largest absolute Gasteiger partial charge is 0.422 e. The zero-order valence-electron chi connectivity index (χ0n) is 13.3. The van der Waals surface area contributed by atoms with E-state index >= 15 is 0 Å². The third-order valence-electron chi connectivity index (χ3n) is 4.45. The van der Waals surface area contributed by atoms with Crippen LogP contribution in [0.15, 0.2) is 43.0 Å². The Hall–Kier alpha value is -2.14. The summed E-state index contributed by atoms with van der Waals surface area (Å²) in [6, 6.07) is 9.21. The standard InChI is InChI=1S/C18H20O5/c1-4-13-10-11-21-14(12-8-6-5-7-9-12)18(13)15(19)22-17(2,3)23-16(18)20/h4-9,13-14H,1,10-11H2,2-3H3. The van der Waals surface area contributed by atoms with E-state index < -0.39 is 35.2 Å². The predicted octanol–water partition coefficient (Wildman–Crippen LogP) is 2.77. The van der Waals surface area contributed by atoms with Crippen LogP contribution in [0.25, 0.3) is 0 Å². The van der Waals surface area contributed by atoms with Gasteiger partial charge in [0, 0.05) is 26.4 Å². The zero-order chi connectivity index (χ0) is 16.7.